The van der Waals surface area contributed by atoms with E-state index in [2.05, 4.69) is 47.5 Å². The zero-order chi connectivity index (χ0) is 11.2. The van der Waals surface area contributed by atoms with Gasteiger partial charge in [0.25, 0.3) is 0 Å². The fraction of sp³-hybridized carbons (Fsp3) is 0.571. The highest BCUT2D eigenvalue weighted by Crippen LogP contribution is 2.18. The molecule has 1 aromatic carbocycles. The molecule has 1 saturated heterocycles. The second-order valence-corrected chi connectivity index (χ2v) is 4.66. The van der Waals surface area contributed by atoms with Gasteiger partial charge >= 0.3 is 0 Å². The van der Waals surface area contributed by atoms with Crippen LogP contribution in [0.1, 0.15) is 19.8 Å². The van der Waals surface area contributed by atoms with Crippen LogP contribution in [0.3, 0.4) is 0 Å². The highest BCUT2D eigenvalue weighted by Gasteiger charge is 2.19. The average molecular weight is 218 g/mol. The Morgan fingerprint density at radius 3 is 2.81 bits per heavy atom. The predicted octanol–water partition coefficient (Wildman–Crippen LogP) is 2.83. The standard InChI is InChI=1S/C14H22N2/c1-2-13-8-10-16(12-13)11-9-15-14-6-4-3-5-7-14/h3-7,13,15H,2,8-12H2,1H3. The molecule has 16 heavy (non-hydrogen) atoms. The van der Waals surface area contributed by atoms with Gasteiger partial charge in [-0.05, 0) is 31.0 Å². The smallest absolute Gasteiger partial charge is 0.0340 e. The molecule has 0 spiro atoms. The lowest BCUT2D eigenvalue weighted by atomic mass is 10.1. The van der Waals surface area contributed by atoms with Gasteiger partial charge < -0.3 is 10.2 Å². The van der Waals surface area contributed by atoms with Crippen LogP contribution < -0.4 is 5.32 Å². The Morgan fingerprint density at radius 1 is 1.31 bits per heavy atom. The number of likely N-dealkylation sites (tertiary alicyclic amines) is 1. The van der Waals surface area contributed by atoms with Gasteiger partial charge in [0.1, 0.15) is 0 Å². The Hall–Kier alpha value is -1.02. The largest absolute Gasteiger partial charge is 0.384 e. The van der Waals surface area contributed by atoms with Gasteiger partial charge in [-0.25, -0.2) is 0 Å². The van der Waals surface area contributed by atoms with E-state index < -0.39 is 0 Å². The van der Waals surface area contributed by atoms with Crippen LogP contribution in [-0.2, 0) is 0 Å². The van der Waals surface area contributed by atoms with E-state index in [1.54, 1.807) is 0 Å². The summed E-state index contributed by atoms with van der Waals surface area (Å²) < 4.78 is 0. The molecule has 1 aliphatic heterocycles. The third kappa shape index (κ3) is 3.24. The van der Waals surface area contributed by atoms with Gasteiger partial charge in [-0.2, -0.15) is 0 Å². The van der Waals surface area contributed by atoms with Gasteiger partial charge in [-0.1, -0.05) is 31.5 Å². The Balaban J connectivity index is 1.65. The molecule has 2 heteroatoms. The Bertz CT molecular complexity index is 297. The maximum Gasteiger partial charge on any atom is 0.0340 e. The summed E-state index contributed by atoms with van der Waals surface area (Å²) in [5, 5.41) is 3.46. The molecule has 2 nitrogen and oxygen atoms in total. The highest BCUT2D eigenvalue weighted by molar-refractivity contribution is 5.42. The van der Waals surface area contributed by atoms with E-state index in [9.17, 15) is 0 Å². The molecule has 1 aromatic rings. The normalized spacial score (nSPS) is 21.2. The van der Waals surface area contributed by atoms with E-state index in [1.165, 1.54) is 38.2 Å². The van der Waals surface area contributed by atoms with E-state index in [1.807, 2.05) is 0 Å². The maximum atomic E-state index is 3.46. The minimum absolute atomic E-state index is 0.941. The molecule has 0 amide bonds. The molecule has 2 rings (SSSR count). The van der Waals surface area contributed by atoms with Crippen LogP contribution in [0.5, 0.6) is 0 Å². The molecule has 0 saturated carbocycles. The van der Waals surface area contributed by atoms with Crippen LogP contribution in [0, 0.1) is 5.92 Å². The first-order valence-electron chi connectivity index (χ1n) is 6.39. The van der Waals surface area contributed by atoms with Crippen LogP contribution in [0.4, 0.5) is 5.69 Å². The van der Waals surface area contributed by atoms with Crippen LogP contribution in [0.25, 0.3) is 0 Å². The Morgan fingerprint density at radius 2 is 2.12 bits per heavy atom. The van der Waals surface area contributed by atoms with Crippen molar-refractivity contribution in [3.63, 3.8) is 0 Å². The lowest BCUT2D eigenvalue weighted by molar-refractivity contribution is 0.335. The number of benzene rings is 1. The molecule has 0 aliphatic carbocycles. The van der Waals surface area contributed by atoms with E-state index in [4.69, 9.17) is 0 Å². The molecule has 1 aliphatic rings. The topological polar surface area (TPSA) is 15.3 Å². The van der Waals surface area contributed by atoms with Crippen molar-refractivity contribution in [1.29, 1.82) is 0 Å². The van der Waals surface area contributed by atoms with Crippen molar-refractivity contribution >= 4 is 5.69 Å². The highest BCUT2D eigenvalue weighted by atomic mass is 15.2. The van der Waals surface area contributed by atoms with Crippen molar-refractivity contribution in [2.75, 3.05) is 31.5 Å². The number of hydrogen-bond acceptors (Lipinski definition) is 2. The lowest BCUT2D eigenvalue weighted by Gasteiger charge is -2.16. The zero-order valence-electron chi connectivity index (χ0n) is 10.2. The van der Waals surface area contributed by atoms with Crippen LogP contribution in [-0.4, -0.2) is 31.1 Å². The maximum absolute atomic E-state index is 3.46. The van der Waals surface area contributed by atoms with Crippen LogP contribution in [0.15, 0.2) is 30.3 Å². The summed E-state index contributed by atoms with van der Waals surface area (Å²) in [5.74, 6) is 0.941. The molecular formula is C14H22N2. The van der Waals surface area contributed by atoms with Crippen LogP contribution >= 0.6 is 0 Å². The summed E-state index contributed by atoms with van der Waals surface area (Å²) in [7, 11) is 0. The molecule has 1 atom stereocenters. The average Bonchev–Trinajstić information content (AvgIpc) is 2.78. The summed E-state index contributed by atoms with van der Waals surface area (Å²) >= 11 is 0. The summed E-state index contributed by atoms with van der Waals surface area (Å²) in [4.78, 5) is 2.57. The van der Waals surface area contributed by atoms with E-state index in [-0.39, 0.29) is 0 Å². The Kier molecular flexibility index (Phi) is 4.23. The van der Waals surface area contributed by atoms with Crippen molar-refractivity contribution in [1.82, 2.24) is 4.90 Å². The minimum Gasteiger partial charge on any atom is -0.384 e. The van der Waals surface area contributed by atoms with Crippen molar-refractivity contribution < 1.29 is 0 Å². The fourth-order valence-electron chi connectivity index (χ4n) is 2.36. The molecule has 0 bridgehead atoms. The molecule has 0 radical (unpaired) electrons. The number of anilines is 1. The third-order valence-electron chi connectivity index (χ3n) is 3.48. The first-order chi connectivity index (χ1) is 7.88. The third-order valence-corrected chi connectivity index (χ3v) is 3.48. The number of nitrogens with one attached hydrogen (secondary N) is 1. The summed E-state index contributed by atoms with van der Waals surface area (Å²) in [6.45, 7) is 7.12. The number of hydrogen-bond donors (Lipinski definition) is 1. The number of nitrogens with zero attached hydrogens (tertiary/aromatic N) is 1. The predicted molar refractivity (Wildman–Crippen MR) is 69.8 cm³/mol. The second kappa shape index (κ2) is 5.90. The zero-order valence-corrected chi connectivity index (χ0v) is 10.2. The van der Waals surface area contributed by atoms with Gasteiger partial charge in [0, 0.05) is 25.3 Å². The van der Waals surface area contributed by atoms with Gasteiger partial charge in [-0.15, -0.1) is 0 Å². The van der Waals surface area contributed by atoms with Crippen molar-refractivity contribution in [3.05, 3.63) is 30.3 Å². The fourth-order valence-corrected chi connectivity index (χ4v) is 2.36. The molecule has 1 heterocycles. The van der Waals surface area contributed by atoms with Gasteiger partial charge in [0.15, 0.2) is 0 Å². The SMILES string of the molecule is CCC1CCN(CCNc2ccccc2)C1. The first-order valence-corrected chi connectivity index (χ1v) is 6.39. The number of para-hydroxylation sites is 1. The molecule has 1 N–H and O–H groups in total. The lowest BCUT2D eigenvalue weighted by Crippen LogP contribution is -2.26. The molecule has 1 fully saturated rings. The van der Waals surface area contributed by atoms with E-state index >= 15 is 0 Å². The van der Waals surface area contributed by atoms with E-state index in [0.717, 1.165) is 12.5 Å². The summed E-state index contributed by atoms with van der Waals surface area (Å²) in [5.41, 5.74) is 1.23. The quantitative estimate of drug-likeness (QED) is 0.817. The number of rotatable bonds is 5. The van der Waals surface area contributed by atoms with Gasteiger partial charge in [0.05, 0.1) is 0 Å². The van der Waals surface area contributed by atoms with Crippen molar-refractivity contribution in [3.8, 4) is 0 Å². The first kappa shape index (κ1) is 11.5. The van der Waals surface area contributed by atoms with E-state index in [0.29, 0.717) is 0 Å². The summed E-state index contributed by atoms with van der Waals surface area (Å²) in [6.07, 6.45) is 2.73. The second-order valence-electron chi connectivity index (χ2n) is 4.66. The van der Waals surface area contributed by atoms with Crippen molar-refractivity contribution in [2.45, 2.75) is 19.8 Å². The summed E-state index contributed by atoms with van der Waals surface area (Å²) in [6, 6.07) is 10.5. The van der Waals surface area contributed by atoms with Crippen LogP contribution in [0.2, 0.25) is 0 Å². The Labute approximate surface area is 98.7 Å². The van der Waals surface area contributed by atoms with Gasteiger partial charge in [0.2, 0.25) is 0 Å². The molecule has 88 valence electrons. The van der Waals surface area contributed by atoms with Gasteiger partial charge in [-0.3, -0.25) is 0 Å². The van der Waals surface area contributed by atoms with Crippen molar-refractivity contribution in [2.24, 2.45) is 5.92 Å². The monoisotopic (exact) mass is 218 g/mol. The minimum atomic E-state index is 0.941. The molecular weight excluding hydrogens is 196 g/mol. The molecule has 1 unspecified atom stereocenters. The molecule has 0 aromatic heterocycles.